The second kappa shape index (κ2) is 4.18. The van der Waals surface area contributed by atoms with E-state index < -0.39 is 0 Å². The van der Waals surface area contributed by atoms with Crippen molar-refractivity contribution < 1.29 is 0 Å². The smallest absolute Gasteiger partial charge is 0.225 e. The van der Waals surface area contributed by atoms with E-state index in [9.17, 15) is 0 Å². The van der Waals surface area contributed by atoms with Crippen molar-refractivity contribution in [2.45, 2.75) is 18.8 Å². The van der Waals surface area contributed by atoms with Crippen molar-refractivity contribution in [1.82, 2.24) is 14.8 Å². The van der Waals surface area contributed by atoms with Crippen LogP contribution in [0.25, 0.3) is 16.5 Å². The minimum atomic E-state index is 0.388. The molecule has 5 heteroatoms. The van der Waals surface area contributed by atoms with Crippen molar-refractivity contribution in [3.05, 3.63) is 46.7 Å². The number of nitrogens with zero attached hydrogens (tertiary/aromatic N) is 2. The summed E-state index contributed by atoms with van der Waals surface area (Å²) in [5.41, 5.74) is 8.34. The molecule has 0 unspecified atom stereocenters. The Hall–Kier alpha value is -2.14. The Kier molecular flexibility index (Phi) is 2.44. The number of aromatic nitrogens is 3. The average Bonchev–Trinajstić information content (AvgIpc) is 3.25. The van der Waals surface area contributed by atoms with Crippen LogP contribution in [-0.4, -0.2) is 14.8 Å². The first-order valence-electron chi connectivity index (χ1n) is 6.70. The van der Waals surface area contributed by atoms with E-state index in [4.69, 9.17) is 18.0 Å². The van der Waals surface area contributed by atoms with Crippen LogP contribution in [0.2, 0.25) is 0 Å². The molecule has 4 rings (SSSR count). The largest absolute Gasteiger partial charge is 0.368 e. The van der Waals surface area contributed by atoms with E-state index in [-0.39, 0.29) is 0 Å². The molecule has 0 radical (unpaired) electrons. The van der Waals surface area contributed by atoms with Gasteiger partial charge in [-0.2, -0.15) is 0 Å². The lowest BCUT2D eigenvalue weighted by molar-refractivity contribution is 1.05. The lowest BCUT2D eigenvalue weighted by Gasteiger charge is -2.11. The second-order valence-corrected chi connectivity index (χ2v) is 5.60. The van der Waals surface area contributed by atoms with Gasteiger partial charge in [-0.3, -0.25) is 4.57 Å². The molecule has 0 atom stereocenters. The average molecular weight is 282 g/mol. The summed E-state index contributed by atoms with van der Waals surface area (Å²) in [7, 11) is 0. The van der Waals surface area contributed by atoms with Gasteiger partial charge in [-0.05, 0) is 48.0 Å². The molecule has 3 N–H and O–H groups in total. The molecule has 1 heterocycles. The van der Waals surface area contributed by atoms with Crippen molar-refractivity contribution in [3.63, 3.8) is 0 Å². The van der Waals surface area contributed by atoms with Gasteiger partial charge in [-0.1, -0.05) is 30.3 Å². The molecular formula is C15H14N4S. The van der Waals surface area contributed by atoms with Gasteiger partial charge in [0.1, 0.15) is 0 Å². The van der Waals surface area contributed by atoms with Crippen molar-refractivity contribution >= 4 is 28.9 Å². The zero-order valence-electron chi connectivity index (χ0n) is 10.8. The molecule has 1 saturated carbocycles. The van der Waals surface area contributed by atoms with Gasteiger partial charge in [0.15, 0.2) is 0 Å². The Morgan fingerprint density at radius 1 is 1.15 bits per heavy atom. The van der Waals surface area contributed by atoms with Crippen LogP contribution >= 0.6 is 12.2 Å². The number of nitrogens with one attached hydrogen (secondary N) is 1. The lowest BCUT2D eigenvalue weighted by atomic mass is 10.00. The van der Waals surface area contributed by atoms with Gasteiger partial charge in [0.2, 0.25) is 10.7 Å². The molecule has 4 nitrogen and oxygen atoms in total. The Labute approximate surface area is 121 Å². The van der Waals surface area contributed by atoms with Crippen LogP contribution in [-0.2, 0) is 0 Å². The molecule has 1 aliphatic carbocycles. The van der Waals surface area contributed by atoms with E-state index in [0.29, 0.717) is 16.6 Å². The summed E-state index contributed by atoms with van der Waals surface area (Å²) in [5, 5.41) is 9.19. The minimum Gasteiger partial charge on any atom is -0.368 e. The first-order valence-corrected chi connectivity index (χ1v) is 7.11. The van der Waals surface area contributed by atoms with E-state index >= 15 is 0 Å². The number of aromatic amines is 1. The summed E-state index contributed by atoms with van der Waals surface area (Å²) >= 11 is 5.28. The fourth-order valence-corrected chi connectivity index (χ4v) is 3.04. The molecule has 1 aromatic heterocycles. The van der Waals surface area contributed by atoms with Crippen LogP contribution in [0.5, 0.6) is 0 Å². The number of nitrogen functional groups attached to an aromatic ring is 1. The number of rotatable bonds is 2. The highest BCUT2D eigenvalue weighted by Gasteiger charge is 2.25. The molecule has 20 heavy (non-hydrogen) atoms. The quantitative estimate of drug-likeness (QED) is 0.707. The van der Waals surface area contributed by atoms with E-state index in [2.05, 4.69) is 40.5 Å². The first-order chi connectivity index (χ1) is 9.75. The maximum atomic E-state index is 5.93. The van der Waals surface area contributed by atoms with Gasteiger partial charge in [0.05, 0.1) is 5.69 Å². The summed E-state index contributed by atoms with van der Waals surface area (Å²) in [4.78, 5) is 0. The van der Waals surface area contributed by atoms with Gasteiger partial charge in [0, 0.05) is 5.39 Å². The molecule has 0 spiro atoms. The van der Waals surface area contributed by atoms with E-state index in [1.165, 1.54) is 29.2 Å². The summed E-state index contributed by atoms with van der Waals surface area (Å²) in [6.07, 6.45) is 2.58. The number of fused-ring (bicyclic) bond motifs is 1. The number of H-pyrrole nitrogens is 1. The van der Waals surface area contributed by atoms with Gasteiger partial charge >= 0.3 is 0 Å². The third-order valence-corrected chi connectivity index (χ3v) is 4.16. The van der Waals surface area contributed by atoms with Gasteiger partial charge in [-0.15, -0.1) is 5.10 Å². The van der Waals surface area contributed by atoms with Crippen LogP contribution in [0.3, 0.4) is 0 Å². The Balaban J connectivity index is 2.06. The van der Waals surface area contributed by atoms with Gasteiger partial charge in [0.25, 0.3) is 0 Å². The van der Waals surface area contributed by atoms with E-state index in [1.54, 1.807) is 4.57 Å². The Morgan fingerprint density at radius 3 is 2.60 bits per heavy atom. The van der Waals surface area contributed by atoms with Crippen molar-refractivity contribution in [1.29, 1.82) is 0 Å². The van der Waals surface area contributed by atoms with Crippen molar-refractivity contribution in [2.24, 2.45) is 0 Å². The number of hydrogen-bond donors (Lipinski definition) is 2. The molecule has 3 aromatic rings. The number of anilines is 1. The Morgan fingerprint density at radius 2 is 1.90 bits per heavy atom. The third-order valence-electron chi connectivity index (χ3n) is 3.89. The van der Waals surface area contributed by atoms with Gasteiger partial charge in [-0.25, -0.2) is 5.10 Å². The maximum absolute atomic E-state index is 5.93. The fraction of sp³-hybridized carbons (Fsp3) is 0.200. The number of nitrogens with two attached hydrogens (primary N) is 1. The molecular weight excluding hydrogens is 268 g/mol. The predicted octanol–water partition coefficient (Wildman–Crippen LogP) is 3.54. The third kappa shape index (κ3) is 1.67. The van der Waals surface area contributed by atoms with E-state index in [1.807, 2.05) is 6.07 Å². The molecule has 1 aliphatic rings. The predicted molar refractivity (Wildman–Crippen MR) is 82.6 cm³/mol. The van der Waals surface area contributed by atoms with Gasteiger partial charge < -0.3 is 5.73 Å². The fourth-order valence-electron chi connectivity index (χ4n) is 2.80. The molecule has 0 aliphatic heterocycles. The molecule has 2 aromatic carbocycles. The first kappa shape index (κ1) is 11.7. The normalized spacial score (nSPS) is 14.8. The highest BCUT2D eigenvalue weighted by atomic mass is 32.1. The monoisotopic (exact) mass is 282 g/mol. The molecule has 1 fully saturated rings. The number of benzene rings is 2. The summed E-state index contributed by atoms with van der Waals surface area (Å²) in [6.45, 7) is 0. The SMILES string of the molecule is Nc1n[nH]c(=S)n1-c1cccc2c(C3CC3)cccc12. The highest BCUT2D eigenvalue weighted by molar-refractivity contribution is 7.71. The van der Waals surface area contributed by atoms with Crippen LogP contribution < -0.4 is 5.73 Å². The molecule has 0 amide bonds. The second-order valence-electron chi connectivity index (χ2n) is 5.22. The van der Waals surface area contributed by atoms with Crippen molar-refractivity contribution in [3.8, 4) is 5.69 Å². The summed E-state index contributed by atoms with van der Waals surface area (Å²) in [5.74, 6) is 1.10. The summed E-state index contributed by atoms with van der Waals surface area (Å²) in [6, 6.07) is 12.7. The van der Waals surface area contributed by atoms with Crippen LogP contribution in [0, 0.1) is 4.77 Å². The minimum absolute atomic E-state index is 0.388. The zero-order valence-corrected chi connectivity index (χ0v) is 11.7. The topological polar surface area (TPSA) is 59.6 Å². The van der Waals surface area contributed by atoms with E-state index in [0.717, 1.165) is 5.69 Å². The molecule has 100 valence electrons. The van der Waals surface area contributed by atoms with Crippen LogP contribution in [0.1, 0.15) is 24.3 Å². The Bertz CT molecular complexity index is 858. The standard InChI is InChI=1S/C15H14N4S/c16-14-17-18-15(20)19(14)13-6-2-4-11-10(9-7-8-9)3-1-5-12(11)13/h1-6,9H,7-8H2,(H2,16,17)(H,18,20). The lowest BCUT2D eigenvalue weighted by Crippen LogP contribution is -2.01. The summed E-state index contributed by atoms with van der Waals surface area (Å²) < 4.78 is 2.31. The molecule has 0 bridgehead atoms. The zero-order chi connectivity index (χ0) is 13.7. The van der Waals surface area contributed by atoms with Crippen LogP contribution in [0.15, 0.2) is 36.4 Å². The number of hydrogen-bond acceptors (Lipinski definition) is 3. The van der Waals surface area contributed by atoms with Crippen LogP contribution in [0.4, 0.5) is 5.95 Å². The van der Waals surface area contributed by atoms with Crippen molar-refractivity contribution in [2.75, 3.05) is 5.73 Å². The molecule has 0 saturated heterocycles. The highest BCUT2D eigenvalue weighted by Crippen LogP contribution is 2.43. The maximum Gasteiger partial charge on any atom is 0.225 e.